The molecule has 2 atom stereocenters. The normalized spacial score (nSPS) is 13.0. The molecule has 0 fully saturated rings. The zero-order valence-corrected chi connectivity index (χ0v) is 39.7. The summed E-state index contributed by atoms with van der Waals surface area (Å²) in [6, 6.07) is 38.6. The number of methoxy groups -OCH3 is 1. The Balaban J connectivity index is 0.000000174. The molecular formula is C50H41Cl3N12O5. The molecule has 352 valence electrons. The quantitative estimate of drug-likeness (QED) is 0.0906. The zero-order valence-electron chi connectivity index (χ0n) is 37.4. The highest BCUT2D eigenvalue weighted by atomic mass is 35.5. The van der Waals surface area contributed by atoms with Gasteiger partial charge in [-0.25, -0.2) is 18.7 Å². The van der Waals surface area contributed by atoms with Crippen LogP contribution >= 0.6 is 34.8 Å². The number of phenolic OH excluding ortho intramolecular Hbond substituents is 2. The first-order valence-electron chi connectivity index (χ1n) is 21.4. The maximum Gasteiger partial charge on any atom is 0.181 e. The predicted octanol–water partition coefficient (Wildman–Crippen LogP) is 8.46. The van der Waals surface area contributed by atoms with Crippen molar-refractivity contribution in [1.29, 1.82) is 0 Å². The predicted molar refractivity (Wildman–Crippen MR) is 262 cm³/mol. The van der Waals surface area contributed by atoms with Crippen LogP contribution in [0.5, 0.6) is 17.2 Å². The molecule has 10 aromatic rings. The summed E-state index contributed by atoms with van der Waals surface area (Å²) in [6.07, 6.45) is 6.48. The smallest absolute Gasteiger partial charge is 0.181 e. The molecular weight excluding hydrogens is 955 g/mol. The van der Waals surface area contributed by atoms with E-state index in [4.69, 9.17) is 39.5 Å². The van der Waals surface area contributed by atoms with E-state index in [1.165, 1.54) is 20.1 Å². The maximum atomic E-state index is 12.1. The van der Waals surface area contributed by atoms with Crippen LogP contribution in [0.4, 0.5) is 0 Å². The number of aliphatic hydroxyl groups is 2. The van der Waals surface area contributed by atoms with E-state index >= 15 is 0 Å². The van der Waals surface area contributed by atoms with Gasteiger partial charge in [0.25, 0.3) is 0 Å². The van der Waals surface area contributed by atoms with Gasteiger partial charge in [-0.3, -0.25) is 0 Å². The molecule has 0 saturated heterocycles. The summed E-state index contributed by atoms with van der Waals surface area (Å²) in [4.78, 5) is 0. The minimum Gasteiger partial charge on any atom is -0.506 e. The third-order valence-electron chi connectivity index (χ3n) is 11.4. The number of halogens is 3. The van der Waals surface area contributed by atoms with Gasteiger partial charge >= 0.3 is 0 Å². The summed E-state index contributed by atoms with van der Waals surface area (Å²) < 4.78 is 11.3. The van der Waals surface area contributed by atoms with Crippen molar-refractivity contribution in [2.45, 2.75) is 31.5 Å². The molecule has 0 saturated carbocycles. The van der Waals surface area contributed by atoms with Crippen molar-refractivity contribution in [3.8, 4) is 40.0 Å². The number of phenols is 2. The third kappa shape index (κ3) is 9.43. The summed E-state index contributed by atoms with van der Waals surface area (Å²) in [6.45, 7) is 3.85. The lowest BCUT2D eigenvalue weighted by atomic mass is 9.86. The van der Waals surface area contributed by atoms with Gasteiger partial charge in [0.1, 0.15) is 57.0 Å². The van der Waals surface area contributed by atoms with Crippen molar-refractivity contribution in [3.63, 3.8) is 0 Å². The molecule has 17 nitrogen and oxygen atoms in total. The Morgan fingerprint density at radius 3 is 1.61 bits per heavy atom. The van der Waals surface area contributed by atoms with Crippen molar-refractivity contribution in [3.05, 3.63) is 218 Å². The van der Waals surface area contributed by atoms with E-state index < -0.39 is 11.2 Å². The van der Waals surface area contributed by atoms with Crippen molar-refractivity contribution < 1.29 is 25.2 Å². The maximum absolute atomic E-state index is 12.1. The van der Waals surface area contributed by atoms with Gasteiger partial charge in [-0.2, -0.15) is 0 Å². The average molecular weight is 996 g/mol. The fourth-order valence-corrected chi connectivity index (χ4v) is 8.25. The van der Waals surface area contributed by atoms with E-state index in [-0.39, 0.29) is 35.0 Å². The molecule has 4 N–H and O–H groups in total. The Morgan fingerprint density at radius 2 is 0.971 bits per heavy atom. The molecule has 4 aromatic heterocycles. The van der Waals surface area contributed by atoms with Crippen LogP contribution in [-0.4, -0.2) is 87.5 Å². The lowest BCUT2D eigenvalue weighted by Crippen LogP contribution is -2.31. The molecule has 0 aliphatic rings. The molecule has 70 heavy (non-hydrogen) atoms. The average Bonchev–Trinajstić information content (AvgIpc) is 4.23. The van der Waals surface area contributed by atoms with E-state index in [2.05, 4.69) is 41.2 Å². The highest BCUT2D eigenvalue weighted by Crippen LogP contribution is 2.37. The summed E-state index contributed by atoms with van der Waals surface area (Å²) in [5, 5.41) is 79.9. The molecule has 6 aromatic carbocycles. The molecule has 10 rings (SSSR count). The SMILES string of the molecule is COc1ccc(Cl)cc1-n1cc(C(O)(c2ccccc2)c2cn(-c3cc(Cl)ccc3C)nn2)nn1.Cc1ccc(O)c(-n2cc(C(O)(Cc3cn(-c4cc(Cl)ccc4O)nn3)c3ccccc3)nn2)c1. The Hall–Kier alpha value is -7.93. The van der Waals surface area contributed by atoms with Crippen LogP contribution in [0, 0.1) is 13.8 Å². The fourth-order valence-electron chi connectivity index (χ4n) is 7.75. The topological polar surface area (TPSA) is 213 Å². The Bertz CT molecular complexity index is 3460. The van der Waals surface area contributed by atoms with Gasteiger partial charge in [-0.1, -0.05) is 128 Å². The number of rotatable bonds is 12. The van der Waals surface area contributed by atoms with Crippen LogP contribution < -0.4 is 4.74 Å². The third-order valence-corrected chi connectivity index (χ3v) is 12.1. The summed E-state index contributed by atoms with van der Waals surface area (Å²) in [5.41, 5.74) is 3.06. The number of benzene rings is 6. The van der Waals surface area contributed by atoms with Crippen molar-refractivity contribution in [1.82, 2.24) is 60.0 Å². The lowest BCUT2D eigenvalue weighted by Gasteiger charge is -2.25. The van der Waals surface area contributed by atoms with Gasteiger partial charge in [0.2, 0.25) is 0 Å². The van der Waals surface area contributed by atoms with Crippen molar-refractivity contribution >= 4 is 34.8 Å². The number of hydrogen-bond acceptors (Lipinski definition) is 13. The second-order valence-corrected chi connectivity index (χ2v) is 17.5. The minimum atomic E-state index is -1.74. The highest BCUT2D eigenvalue weighted by molar-refractivity contribution is 6.31. The standard InChI is InChI=1S/C25H20Cl2N6O2.C25H21ClN6O3/c1-16-8-9-18(26)12-20(16)32-14-23(28-30-32)25(34,17-6-4-3-5-7-17)24-15-33(31-29-24)21-13-19(27)10-11-22(21)35-2;1-16-7-9-22(33)20(11-16)32-15-24(28-30-32)25(35,17-5-3-2-4-6-17)13-19-14-31(29-27-19)21-12-18(26)8-10-23(21)34/h3-15,34H,1-2H3;2-12,14-15,33-35H,13H2,1H3. The Morgan fingerprint density at radius 1 is 0.500 bits per heavy atom. The van der Waals surface area contributed by atoms with Gasteiger partial charge in [0.05, 0.1) is 43.3 Å². The largest absolute Gasteiger partial charge is 0.506 e. The van der Waals surface area contributed by atoms with E-state index in [0.717, 1.165) is 16.8 Å². The van der Waals surface area contributed by atoms with E-state index in [1.807, 2.05) is 56.3 Å². The van der Waals surface area contributed by atoms with Gasteiger partial charge in [0, 0.05) is 21.5 Å². The molecule has 0 spiro atoms. The van der Waals surface area contributed by atoms with Crippen LogP contribution in [0.2, 0.25) is 15.1 Å². The summed E-state index contributed by atoms with van der Waals surface area (Å²) >= 11 is 18.5. The molecule has 20 heteroatoms. The second kappa shape index (κ2) is 19.6. The van der Waals surface area contributed by atoms with Crippen LogP contribution in [0.3, 0.4) is 0 Å². The fraction of sp³-hybridized carbons (Fsp3) is 0.120. The monoisotopic (exact) mass is 994 g/mol. The van der Waals surface area contributed by atoms with Crippen LogP contribution in [0.25, 0.3) is 22.7 Å². The molecule has 2 unspecified atom stereocenters. The first-order chi connectivity index (χ1) is 33.7. The molecule has 0 radical (unpaired) electrons. The Labute approximate surface area is 415 Å². The molecule has 0 bridgehead atoms. The van der Waals surface area contributed by atoms with E-state index in [1.54, 1.807) is 122 Å². The zero-order chi connectivity index (χ0) is 49.2. The number of aromatic hydroxyl groups is 2. The number of hydrogen-bond donors (Lipinski definition) is 4. The molecule has 0 amide bonds. The molecule has 0 aliphatic heterocycles. The first kappa shape index (κ1) is 47.1. The van der Waals surface area contributed by atoms with Crippen LogP contribution in [0.1, 0.15) is 45.0 Å². The molecule has 0 aliphatic carbocycles. The lowest BCUT2D eigenvalue weighted by molar-refractivity contribution is 0.0752. The van der Waals surface area contributed by atoms with E-state index in [9.17, 15) is 20.4 Å². The Kier molecular flexibility index (Phi) is 13.2. The number of ether oxygens (including phenoxy) is 1. The second-order valence-electron chi connectivity index (χ2n) is 16.2. The number of nitrogens with zero attached hydrogens (tertiary/aromatic N) is 12. The first-order valence-corrected chi connectivity index (χ1v) is 22.5. The van der Waals surface area contributed by atoms with Gasteiger partial charge in [0.15, 0.2) is 5.60 Å². The minimum absolute atomic E-state index is 0.00919. The van der Waals surface area contributed by atoms with E-state index in [0.29, 0.717) is 54.7 Å². The van der Waals surface area contributed by atoms with Crippen molar-refractivity contribution in [2.75, 3.05) is 7.11 Å². The number of aryl methyl sites for hydroxylation is 2. The van der Waals surface area contributed by atoms with Gasteiger partial charge in [-0.05, 0) is 96.8 Å². The van der Waals surface area contributed by atoms with Crippen LogP contribution in [-0.2, 0) is 17.6 Å². The van der Waals surface area contributed by atoms with Gasteiger partial charge in [-0.15, -0.1) is 20.4 Å². The highest BCUT2D eigenvalue weighted by Gasteiger charge is 2.40. The number of aromatic nitrogens is 12. The summed E-state index contributed by atoms with van der Waals surface area (Å²) in [5.74, 6) is 0.584. The van der Waals surface area contributed by atoms with Crippen LogP contribution in [0.15, 0.2) is 158 Å². The molecule has 4 heterocycles. The summed E-state index contributed by atoms with van der Waals surface area (Å²) in [7, 11) is 1.56. The van der Waals surface area contributed by atoms with Crippen molar-refractivity contribution in [2.24, 2.45) is 0 Å². The van der Waals surface area contributed by atoms with Gasteiger partial charge < -0.3 is 25.2 Å².